The van der Waals surface area contributed by atoms with E-state index in [1.807, 2.05) is 53.4 Å². The van der Waals surface area contributed by atoms with Crippen LogP contribution in [-0.4, -0.2) is 77.1 Å². The fraction of sp³-hybridized carbons (Fsp3) is 0.429. The van der Waals surface area contributed by atoms with Gasteiger partial charge in [0.2, 0.25) is 0 Å². The van der Waals surface area contributed by atoms with Crippen LogP contribution in [0, 0.1) is 0 Å². The largest absolute Gasteiger partial charge is 0.469 e. The first-order valence-corrected chi connectivity index (χ1v) is 12.6. The van der Waals surface area contributed by atoms with E-state index >= 15 is 0 Å². The zero-order chi connectivity index (χ0) is 27.1. The number of aliphatic hydroxyl groups excluding tert-OH is 3. The van der Waals surface area contributed by atoms with Gasteiger partial charge in [0.1, 0.15) is 18.3 Å². The van der Waals surface area contributed by atoms with Gasteiger partial charge in [-0.05, 0) is 30.2 Å². The first-order chi connectivity index (χ1) is 18.3. The van der Waals surface area contributed by atoms with E-state index < -0.39 is 54.5 Å². The van der Waals surface area contributed by atoms with E-state index in [1.54, 1.807) is 6.92 Å². The maximum Gasteiger partial charge on any atom is 0.310 e. The van der Waals surface area contributed by atoms with Crippen molar-refractivity contribution in [3.63, 3.8) is 0 Å². The Morgan fingerprint density at radius 3 is 2.37 bits per heavy atom. The third-order valence-corrected chi connectivity index (χ3v) is 7.70. The molecule has 202 valence electrons. The molecule has 38 heavy (non-hydrogen) atoms. The van der Waals surface area contributed by atoms with E-state index in [2.05, 4.69) is 4.98 Å². The molecule has 0 bridgehead atoms. The minimum atomic E-state index is -1.46. The summed E-state index contributed by atoms with van der Waals surface area (Å²) in [4.78, 5) is 30.5. The maximum atomic E-state index is 12.7. The lowest BCUT2D eigenvalue weighted by atomic mass is 9.87. The number of hydrogen-bond donors (Lipinski definition) is 4. The SMILES string of the molecule is COC(=O)Cc1c([C@H]2[C@H](CC(=O)OC)c3ccccc3N2[C@@H]2O[C@@H](C)[C@H](O)[C@@H](O)[C@H]2O)[nH]c2ccccc12. The molecule has 5 rings (SSSR count). The standard InChI is InChI=1S/C28H32N2O8/c1-14-25(33)26(34)27(35)28(38-14)30-20-11-7-5-9-16(20)18(13-22(32)37-3)24(30)23-17(12-21(31)36-2)15-8-4-6-10-19(15)29-23/h4-11,14,18,24-29,33-35H,12-13H2,1-3H3/t14-,18+,24+,25-,26+,27+,28+/m0/s1. The molecule has 1 aromatic heterocycles. The number of aliphatic hydroxyl groups is 3. The Bertz CT molecular complexity index is 1340. The van der Waals surface area contributed by atoms with Gasteiger partial charge in [-0.2, -0.15) is 0 Å². The maximum absolute atomic E-state index is 12.7. The van der Waals surface area contributed by atoms with Crippen LogP contribution in [0.1, 0.15) is 42.1 Å². The molecule has 7 atom stereocenters. The van der Waals surface area contributed by atoms with Crippen LogP contribution in [0.3, 0.4) is 0 Å². The molecule has 10 nitrogen and oxygen atoms in total. The monoisotopic (exact) mass is 524 g/mol. The summed E-state index contributed by atoms with van der Waals surface area (Å²) in [5.74, 6) is -1.29. The lowest BCUT2D eigenvalue weighted by Gasteiger charge is -2.46. The van der Waals surface area contributed by atoms with Gasteiger partial charge in [0, 0.05) is 28.2 Å². The van der Waals surface area contributed by atoms with Crippen molar-refractivity contribution in [2.24, 2.45) is 0 Å². The van der Waals surface area contributed by atoms with Gasteiger partial charge in [0.15, 0.2) is 6.23 Å². The van der Waals surface area contributed by atoms with Gasteiger partial charge < -0.3 is 39.4 Å². The van der Waals surface area contributed by atoms with Crippen molar-refractivity contribution in [2.45, 2.75) is 62.4 Å². The summed E-state index contributed by atoms with van der Waals surface area (Å²) in [5.41, 5.74) is 3.68. The molecule has 0 amide bonds. The summed E-state index contributed by atoms with van der Waals surface area (Å²) < 4.78 is 16.1. The van der Waals surface area contributed by atoms with Gasteiger partial charge >= 0.3 is 11.9 Å². The summed E-state index contributed by atoms with van der Waals surface area (Å²) in [6, 6.07) is 14.4. The van der Waals surface area contributed by atoms with Crippen LogP contribution >= 0.6 is 0 Å². The molecule has 0 unspecified atom stereocenters. The van der Waals surface area contributed by atoms with Crippen molar-refractivity contribution in [1.29, 1.82) is 0 Å². The predicted molar refractivity (Wildman–Crippen MR) is 137 cm³/mol. The number of nitrogens with one attached hydrogen (secondary N) is 1. The Labute approximate surface area is 219 Å². The number of para-hydroxylation sites is 2. The number of carbonyl (C=O) groups is 2. The van der Waals surface area contributed by atoms with Crippen LogP contribution in [0.15, 0.2) is 48.5 Å². The number of carbonyl (C=O) groups excluding carboxylic acids is 2. The minimum absolute atomic E-state index is 0.0191. The second-order valence-corrected chi connectivity index (χ2v) is 9.82. The summed E-state index contributed by atoms with van der Waals surface area (Å²) in [5, 5.41) is 33.0. The van der Waals surface area contributed by atoms with E-state index in [9.17, 15) is 24.9 Å². The number of hydrogen-bond acceptors (Lipinski definition) is 9. The number of benzene rings is 2. The molecule has 4 N–H and O–H groups in total. The minimum Gasteiger partial charge on any atom is -0.469 e. The Kier molecular flexibility index (Phi) is 7.15. The van der Waals surface area contributed by atoms with Crippen LogP contribution in [-0.2, 0) is 30.2 Å². The lowest BCUT2D eigenvalue weighted by molar-refractivity contribution is -0.218. The number of anilines is 1. The molecule has 0 aliphatic carbocycles. The lowest BCUT2D eigenvalue weighted by Crippen LogP contribution is -2.62. The summed E-state index contributed by atoms with van der Waals surface area (Å²) >= 11 is 0. The first kappa shape index (κ1) is 26.2. The van der Waals surface area contributed by atoms with Crippen molar-refractivity contribution in [3.05, 3.63) is 65.4 Å². The van der Waals surface area contributed by atoms with Crippen LogP contribution in [0.2, 0.25) is 0 Å². The molecule has 2 aliphatic rings. The highest BCUT2D eigenvalue weighted by atomic mass is 16.6. The van der Waals surface area contributed by atoms with Gasteiger partial charge in [0.05, 0.1) is 39.2 Å². The number of rotatable bonds is 6. The van der Waals surface area contributed by atoms with Crippen molar-refractivity contribution in [1.82, 2.24) is 4.98 Å². The Hall–Kier alpha value is -3.44. The van der Waals surface area contributed by atoms with Crippen LogP contribution in [0.5, 0.6) is 0 Å². The zero-order valence-electron chi connectivity index (χ0n) is 21.4. The average Bonchev–Trinajstić information content (AvgIpc) is 3.44. The number of ether oxygens (including phenoxy) is 3. The second-order valence-electron chi connectivity index (χ2n) is 9.82. The molecular weight excluding hydrogens is 492 g/mol. The van der Waals surface area contributed by atoms with Crippen molar-refractivity contribution in [2.75, 3.05) is 19.1 Å². The molecule has 2 aliphatic heterocycles. The molecule has 3 aromatic rings. The highest BCUT2D eigenvalue weighted by Gasteiger charge is 2.52. The number of nitrogens with zero attached hydrogens (tertiary/aromatic N) is 1. The molecule has 1 saturated heterocycles. The number of H-pyrrole nitrogens is 1. The fourth-order valence-electron chi connectivity index (χ4n) is 5.81. The number of aromatic nitrogens is 1. The molecular formula is C28H32N2O8. The predicted octanol–water partition coefficient (Wildman–Crippen LogP) is 1.92. The van der Waals surface area contributed by atoms with Gasteiger partial charge in [-0.25, -0.2) is 0 Å². The van der Waals surface area contributed by atoms with E-state index in [1.165, 1.54) is 14.2 Å². The smallest absolute Gasteiger partial charge is 0.310 e. The summed E-state index contributed by atoms with van der Waals surface area (Å²) in [7, 11) is 2.66. The summed E-state index contributed by atoms with van der Waals surface area (Å²) in [6.07, 6.45) is -6.02. The van der Waals surface area contributed by atoms with Crippen molar-refractivity contribution >= 4 is 28.5 Å². The van der Waals surface area contributed by atoms with Gasteiger partial charge in [-0.1, -0.05) is 36.4 Å². The first-order valence-electron chi connectivity index (χ1n) is 12.6. The third-order valence-electron chi connectivity index (χ3n) is 7.70. The van der Waals surface area contributed by atoms with Crippen molar-refractivity contribution < 1.29 is 39.1 Å². The average molecular weight is 525 g/mol. The van der Waals surface area contributed by atoms with Crippen LogP contribution < -0.4 is 4.90 Å². The second kappa shape index (κ2) is 10.4. The Morgan fingerprint density at radius 1 is 0.947 bits per heavy atom. The highest BCUT2D eigenvalue weighted by Crippen LogP contribution is 2.53. The van der Waals surface area contributed by atoms with E-state index in [-0.39, 0.29) is 12.8 Å². The Morgan fingerprint density at radius 2 is 1.63 bits per heavy atom. The zero-order valence-corrected chi connectivity index (χ0v) is 21.4. The molecule has 0 spiro atoms. The third kappa shape index (κ3) is 4.33. The van der Waals surface area contributed by atoms with E-state index in [0.717, 1.165) is 16.5 Å². The fourth-order valence-corrected chi connectivity index (χ4v) is 5.81. The molecule has 1 fully saturated rings. The molecule has 3 heterocycles. The van der Waals surface area contributed by atoms with Crippen molar-refractivity contribution in [3.8, 4) is 0 Å². The molecule has 0 saturated carbocycles. The van der Waals surface area contributed by atoms with E-state index in [0.29, 0.717) is 16.9 Å². The van der Waals surface area contributed by atoms with Crippen LogP contribution in [0.25, 0.3) is 10.9 Å². The number of aromatic amines is 1. The van der Waals surface area contributed by atoms with Crippen LogP contribution in [0.4, 0.5) is 5.69 Å². The van der Waals surface area contributed by atoms with Gasteiger partial charge in [-0.15, -0.1) is 0 Å². The molecule has 0 radical (unpaired) electrons. The van der Waals surface area contributed by atoms with Gasteiger partial charge in [0.25, 0.3) is 0 Å². The normalized spacial score (nSPS) is 28.8. The number of methoxy groups -OCH3 is 2. The topological polar surface area (TPSA) is 142 Å². The Balaban J connectivity index is 1.73. The number of esters is 2. The quantitative estimate of drug-likeness (QED) is 0.356. The highest BCUT2D eigenvalue weighted by molar-refractivity contribution is 5.89. The van der Waals surface area contributed by atoms with E-state index in [4.69, 9.17) is 14.2 Å². The van der Waals surface area contributed by atoms with Gasteiger partial charge in [-0.3, -0.25) is 9.59 Å². The number of fused-ring (bicyclic) bond motifs is 2. The summed E-state index contributed by atoms with van der Waals surface area (Å²) in [6.45, 7) is 1.63. The molecule has 10 heteroatoms. The molecule has 2 aromatic carbocycles.